The number of fused-ring (bicyclic) bond motifs is 1. The molecule has 1 aliphatic carbocycles. The molecule has 1 aromatic heterocycles. The molecule has 3 rings (SSSR count). The van der Waals surface area contributed by atoms with E-state index in [0.717, 1.165) is 5.75 Å². The van der Waals surface area contributed by atoms with E-state index in [1.165, 1.54) is 22.9 Å². The lowest BCUT2D eigenvalue weighted by Crippen LogP contribution is -2.17. The third-order valence-corrected chi connectivity index (χ3v) is 3.96. The van der Waals surface area contributed by atoms with Crippen LogP contribution in [0, 0.1) is 6.92 Å². The van der Waals surface area contributed by atoms with Gasteiger partial charge in [0.15, 0.2) is 0 Å². The Hall–Kier alpha value is -1.48. The highest BCUT2D eigenvalue weighted by atomic mass is 16.5. The second-order valence-electron chi connectivity index (χ2n) is 5.44. The Morgan fingerprint density at radius 3 is 2.72 bits per heavy atom. The maximum atomic E-state index is 5.33. The lowest BCUT2D eigenvalue weighted by atomic mass is 10.1. The quantitative estimate of drug-likeness (QED) is 0.826. The second-order valence-corrected chi connectivity index (χ2v) is 5.44. The third-order valence-electron chi connectivity index (χ3n) is 3.96. The molecule has 3 nitrogen and oxygen atoms in total. The highest BCUT2D eigenvalue weighted by Gasteiger charge is 2.40. The first-order chi connectivity index (χ1) is 8.61. The Bertz CT molecular complexity index is 585. The standard InChI is InChI=1S/C15H20N2O/c1-10-7-12(18-4)8-11-5-6-17(15(10)11)14-9-13(14)16(2)3/h5-8,13-14H,9H2,1-4H3/t13?,14-/m0/s1. The first-order valence-electron chi connectivity index (χ1n) is 6.43. The Morgan fingerprint density at radius 1 is 1.33 bits per heavy atom. The summed E-state index contributed by atoms with van der Waals surface area (Å²) >= 11 is 0. The Morgan fingerprint density at radius 2 is 2.11 bits per heavy atom. The van der Waals surface area contributed by atoms with E-state index in [1.807, 2.05) is 0 Å². The van der Waals surface area contributed by atoms with E-state index in [0.29, 0.717) is 12.1 Å². The summed E-state index contributed by atoms with van der Waals surface area (Å²) in [7, 11) is 6.04. The molecule has 1 saturated carbocycles. The van der Waals surface area contributed by atoms with Gasteiger partial charge in [-0.05, 0) is 51.2 Å². The van der Waals surface area contributed by atoms with Gasteiger partial charge in [-0.3, -0.25) is 0 Å². The van der Waals surface area contributed by atoms with Crippen LogP contribution in [0.3, 0.4) is 0 Å². The fraction of sp³-hybridized carbons (Fsp3) is 0.467. The molecule has 1 aromatic carbocycles. The van der Waals surface area contributed by atoms with Gasteiger partial charge in [0, 0.05) is 17.6 Å². The molecule has 2 aromatic rings. The Kier molecular flexibility index (Phi) is 2.59. The number of aryl methyl sites for hydroxylation is 1. The van der Waals surface area contributed by atoms with Crippen molar-refractivity contribution in [1.29, 1.82) is 0 Å². The summed E-state index contributed by atoms with van der Waals surface area (Å²) in [5.41, 5.74) is 2.64. The van der Waals surface area contributed by atoms with Crippen molar-refractivity contribution in [2.24, 2.45) is 0 Å². The average Bonchev–Trinajstić information content (AvgIpc) is 3.02. The molecule has 1 aliphatic rings. The molecule has 0 amide bonds. The van der Waals surface area contributed by atoms with Gasteiger partial charge in [0.2, 0.25) is 0 Å². The van der Waals surface area contributed by atoms with Gasteiger partial charge in [0.05, 0.1) is 18.7 Å². The summed E-state index contributed by atoms with van der Waals surface area (Å²) in [4.78, 5) is 2.31. The van der Waals surface area contributed by atoms with Gasteiger partial charge in [-0.2, -0.15) is 0 Å². The zero-order chi connectivity index (χ0) is 12.9. The van der Waals surface area contributed by atoms with Crippen LogP contribution in [-0.4, -0.2) is 36.7 Å². The van der Waals surface area contributed by atoms with E-state index < -0.39 is 0 Å². The monoisotopic (exact) mass is 244 g/mol. The van der Waals surface area contributed by atoms with Crippen molar-refractivity contribution in [3.8, 4) is 5.75 Å². The van der Waals surface area contributed by atoms with Crippen molar-refractivity contribution in [2.75, 3.05) is 21.2 Å². The van der Waals surface area contributed by atoms with Crippen molar-refractivity contribution >= 4 is 10.9 Å². The van der Waals surface area contributed by atoms with Crippen LogP contribution in [0.25, 0.3) is 10.9 Å². The molecule has 3 heteroatoms. The fourth-order valence-corrected chi connectivity index (χ4v) is 2.90. The Labute approximate surface area is 108 Å². The predicted molar refractivity (Wildman–Crippen MR) is 74.4 cm³/mol. The number of hydrogen-bond donors (Lipinski definition) is 0. The molecular weight excluding hydrogens is 224 g/mol. The second kappa shape index (κ2) is 4.02. The molecule has 0 saturated heterocycles. The molecular formula is C15H20N2O. The minimum Gasteiger partial charge on any atom is -0.497 e. The molecule has 2 atom stereocenters. The summed E-state index contributed by atoms with van der Waals surface area (Å²) in [6.45, 7) is 2.16. The van der Waals surface area contributed by atoms with Crippen LogP contribution in [-0.2, 0) is 0 Å². The first-order valence-corrected chi connectivity index (χ1v) is 6.43. The van der Waals surface area contributed by atoms with Crippen molar-refractivity contribution in [3.05, 3.63) is 30.0 Å². The van der Waals surface area contributed by atoms with Crippen LogP contribution in [0.4, 0.5) is 0 Å². The zero-order valence-electron chi connectivity index (χ0n) is 11.5. The van der Waals surface area contributed by atoms with Gasteiger partial charge in [-0.15, -0.1) is 0 Å². The Balaban J connectivity index is 2.05. The molecule has 1 fully saturated rings. The molecule has 18 heavy (non-hydrogen) atoms. The maximum absolute atomic E-state index is 5.33. The smallest absolute Gasteiger partial charge is 0.119 e. The topological polar surface area (TPSA) is 17.4 Å². The van der Waals surface area contributed by atoms with E-state index in [-0.39, 0.29) is 0 Å². The number of nitrogens with zero attached hydrogens (tertiary/aromatic N) is 2. The van der Waals surface area contributed by atoms with Crippen LogP contribution in [0.2, 0.25) is 0 Å². The highest BCUT2D eigenvalue weighted by molar-refractivity contribution is 5.85. The number of methoxy groups -OCH3 is 1. The van der Waals surface area contributed by atoms with Crippen LogP contribution < -0.4 is 4.74 Å². The average molecular weight is 244 g/mol. The van der Waals surface area contributed by atoms with Gasteiger partial charge < -0.3 is 14.2 Å². The molecule has 96 valence electrons. The zero-order valence-corrected chi connectivity index (χ0v) is 11.5. The van der Waals surface area contributed by atoms with Crippen molar-refractivity contribution in [2.45, 2.75) is 25.4 Å². The van der Waals surface area contributed by atoms with Crippen LogP contribution in [0.15, 0.2) is 24.4 Å². The van der Waals surface area contributed by atoms with Gasteiger partial charge in [-0.25, -0.2) is 0 Å². The van der Waals surface area contributed by atoms with Crippen LogP contribution >= 0.6 is 0 Å². The minimum absolute atomic E-state index is 0.629. The largest absolute Gasteiger partial charge is 0.497 e. The first kappa shape index (κ1) is 11.6. The van der Waals surface area contributed by atoms with Crippen LogP contribution in [0.5, 0.6) is 5.75 Å². The number of ether oxygens (including phenoxy) is 1. The predicted octanol–water partition coefficient (Wildman–Crippen LogP) is 2.83. The van der Waals surface area contributed by atoms with E-state index in [1.54, 1.807) is 7.11 Å². The summed E-state index contributed by atoms with van der Waals surface area (Å²) in [5, 5.41) is 1.27. The number of likely N-dealkylation sites (N-methyl/N-ethyl adjacent to an activating group) is 1. The summed E-state index contributed by atoms with van der Waals surface area (Å²) in [6, 6.07) is 7.74. The van der Waals surface area contributed by atoms with E-state index in [9.17, 15) is 0 Å². The van der Waals surface area contributed by atoms with Crippen LogP contribution in [0.1, 0.15) is 18.0 Å². The van der Waals surface area contributed by atoms with E-state index in [2.05, 4.69) is 54.9 Å². The highest BCUT2D eigenvalue weighted by Crippen LogP contribution is 2.42. The number of aromatic nitrogens is 1. The van der Waals surface area contributed by atoms with E-state index >= 15 is 0 Å². The number of benzene rings is 1. The molecule has 0 N–H and O–H groups in total. The fourth-order valence-electron chi connectivity index (χ4n) is 2.90. The number of rotatable bonds is 3. The van der Waals surface area contributed by atoms with Crippen molar-refractivity contribution in [1.82, 2.24) is 9.47 Å². The molecule has 0 spiro atoms. The summed E-state index contributed by atoms with van der Waals surface area (Å²) in [6.07, 6.45) is 3.47. The molecule has 1 heterocycles. The normalized spacial score (nSPS) is 22.7. The molecule has 0 bridgehead atoms. The molecule has 1 unspecified atom stereocenters. The van der Waals surface area contributed by atoms with Gasteiger partial charge in [0.1, 0.15) is 5.75 Å². The maximum Gasteiger partial charge on any atom is 0.119 e. The van der Waals surface area contributed by atoms with Gasteiger partial charge in [0.25, 0.3) is 0 Å². The van der Waals surface area contributed by atoms with E-state index in [4.69, 9.17) is 4.74 Å². The summed E-state index contributed by atoms with van der Waals surface area (Å²) in [5.74, 6) is 0.942. The lowest BCUT2D eigenvalue weighted by Gasteiger charge is -2.12. The van der Waals surface area contributed by atoms with Gasteiger partial charge in [-0.1, -0.05) is 0 Å². The minimum atomic E-state index is 0.629. The lowest BCUT2D eigenvalue weighted by molar-refractivity contribution is 0.377. The number of hydrogen-bond acceptors (Lipinski definition) is 2. The van der Waals surface area contributed by atoms with Crippen molar-refractivity contribution in [3.63, 3.8) is 0 Å². The molecule has 0 radical (unpaired) electrons. The SMILES string of the molecule is COc1cc(C)c2c(ccn2[C@H]2CC2N(C)C)c1. The molecule has 0 aliphatic heterocycles. The third kappa shape index (κ3) is 1.70. The van der Waals surface area contributed by atoms with Gasteiger partial charge >= 0.3 is 0 Å². The van der Waals surface area contributed by atoms with Crippen molar-refractivity contribution < 1.29 is 4.74 Å². The summed E-state index contributed by atoms with van der Waals surface area (Å²) < 4.78 is 7.76.